The Hall–Kier alpha value is -1.92. The molecule has 0 aliphatic heterocycles. The number of carbonyl (C=O) groups is 1. The normalized spacial score (nSPS) is 11.2. The molecule has 1 rings (SSSR count). The third-order valence-corrected chi connectivity index (χ3v) is 2.46. The molecule has 4 nitrogen and oxygen atoms in total. The largest absolute Gasteiger partial charge is 0.573 e. The SMILES string of the molecule is O=C(O)CCCCCNc1cccc(OC(F)(F)F)c1. The van der Waals surface area contributed by atoms with Crippen LogP contribution in [0.3, 0.4) is 0 Å². The van der Waals surface area contributed by atoms with Crippen molar-refractivity contribution < 1.29 is 27.8 Å². The summed E-state index contributed by atoms with van der Waals surface area (Å²) in [5.41, 5.74) is 0.532. The highest BCUT2D eigenvalue weighted by atomic mass is 19.4. The number of aliphatic carboxylic acids is 1. The molecule has 1 aromatic carbocycles. The minimum atomic E-state index is -4.70. The van der Waals surface area contributed by atoms with E-state index in [0.717, 1.165) is 12.8 Å². The standard InChI is InChI=1S/C13H16F3NO3/c14-13(15,16)20-11-6-4-5-10(9-11)17-8-3-1-2-7-12(18)19/h4-6,9,17H,1-3,7-8H2,(H,18,19). The van der Waals surface area contributed by atoms with Crippen molar-refractivity contribution in [2.75, 3.05) is 11.9 Å². The molecule has 0 unspecified atom stereocenters. The second kappa shape index (κ2) is 7.62. The van der Waals surface area contributed by atoms with Gasteiger partial charge in [0.2, 0.25) is 0 Å². The summed E-state index contributed by atoms with van der Waals surface area (Å²) in [5.74, 6) is -1.09. The minimum absolute atomic E-state index is 0.134. The van der Waals surface area contributed by atoms with E-state index in [0.29, 0.717) is 18.7 Å². The first-order valence-corrected chi connectivity index (χ1v) is 6.18. The fourth-order valence-electron chi connectivity index (χ4n) is 1.61. The molecule has 0 saturated heterocycles. The first kappa shape index (κ1) is 16.1. The average molecular weight is 291 g/mol. The molecular formula is C13H16F3NO3. The molecular weight excluding hydrogens is 275 g/mol. The van der Waals surface area contributed by atoms with Crippen LogP contribution in [0.2, 0.25) is 0 Å². The molecule has 0 aliphatic rings. The summed E-state index contributed by atoms with van der Waals surface area (Å²) >= 11 is 0. The number of rotatable bonds is 8. The highest BCUT2D eigenvalue weighted by Gasteiger charge is 2.31. The third kappa shape index (κ3) is 7.50. The van der Waals surface area contributed by atoms with Gasteiger partial charge in [-0.25, -0.2) is 0 Å². The van der Waals surface area contributed by atoms with E-state index in [2.05, 4.69) is 10.1 Å². The maximum atomic E-state index is 12.0. The number of anilines is 1. The lowest BCUT2D eigenvalue weighted by atomic mass is 10.2. The van der Waals surface area contributed by atoms with Crippen molar-refractivity contribution in [1.82, 2.24) is 0 Å². The van der Waals surface area contributed by atoms with Gasteiger partial charge >= 0.3 is 12.3 Å². The zero-order valence-electron chi connectivity index (χ0n) is 10.7. The van der Waals surface area contributed by atoms with E-state index in [1.807, 2.05) is 0 Å². The van der Waals surface area contributed by atoms with Gasteiger partial charge in [0.1, 0.15) is 5.75 Å². The quantitative estimate of drug-likeness (QED) is 0.718. The second-order valence-electron chi connectivity index (χ2n) is 4.21. The maximum absolute atomic E-state index is 12.0. The smallest absolute Gasteiger partial charge is 0.481 e. The van der Waals surface area contributed by atoms with Crippen LogP contribution >= 0.6 is 0 Å². The number of alkyl halides is 3. The van der Waals surface area contributed by atoms with Gasteiger partial charge in [0, 0.05) is 24.7 Å². The summed E-state index contributed by atoms with van der Waals surface area (Å²) in [4.78, 5) is 10.3. The average Bonchev–Trinajstić information content (AvgIpc) is 2.31. The Morgan fingerprint density at radius 2 is 2.00 bits per heavy atom. The number of nitrogens with one attached hydrogen (secondary N) is 1. The topological polar surface area (TPSA) is 58.6 Å². The zero-order chi connectivity index (χ0) is 15.0. The molecule has 0 amide bonds. The van der Waals surface area contributed by atoms with Crippen molar-refractivity contribution in [1.29, 1.82) is 0 Å². The van der Waals surface area contributed by atoms with Crippen molar-refractivity contribution >= 4 is 11.7 Å². The van der Waals surface area contributed by atoms with Crippen LogP contribution in [0.25, 0.3) is 0 Å². The van der Waals surface area contributed by atoms with Gasteiger partial charge in [-0.2, -0.15) is 0 Å². The summed E-state index contributed by atoms with van der Waals surface area (Å²) in [6, 6.07) is 5.60. The first-order valence-electron chi connectivity index (χ1n) is 6.18. The fraction of sp³-hybridized carbons (Fsp3) is 0.462. The summed E-state index contributed by atoms with van der Waals surface area (Å²) in [6.45, 7) is 0.565. The predicted molar refractivity (Wildman–Crippen MR) is 67.7 cm³/mol. The van der Waals surface area contributed by atoms with Gasteiger partial charge in [0.05, 0.1) is 0 Å². The van der Waals surface area contributed by atoms with E-state index in [4.69, 9.17) is 5.11 Å². The van der Waals surface area contributed by atoms with Crippen LogP contribution in [0, 0.1) is 0 Å². The van der Waals surface area contributed by atoms with Crippen LogP contribution in [0.4, 0.5) is 18.9 Å². The van der Waals surface area contributed by atoms with Crippen LogP contribution in [-0.2, 0) is 4.79 Å². The molecule has 0 atom stereocenters. The molecule has 2 N–H and O–H groups in total. The Balaban J connectivity index is 2.30. The molecule has 7 heteroatoms. The van der Waals surface area contributed by atoms with Crippen LogP contribution in [0.1, 0.15) is 25.7 Å². The van der Waals surface area contributed by atoms with Gasteiger partial charge in [-0.05, 0) is 25.0 Å². The number of unbranched alkanes of at least 4 members (excludes halogenated alkanes) is 2. The van der Waals surface area contributed by atoms with Crippen molar-refractivity contribution in [3.8, 4) is 5.75 Å². The minimum Gasteiger partial charge on any atom is -0.481 e. The Morgan fingerprint density at radius 3 is 2.65 bits per heavy atom. The summed E-state index contributed by atoms with van der Waals surface area (Å²) < 4.78 is 39.9. The summed E-state index contributed by atoms with van der Waals surface area (Å²) in [7, 11) is 0. The van der Waals surface area contributed by atoms with Crippen molar-refractivity contribution in [2.24, 2.45) is 0 Å². The summed E-state index contributed by atoms with van der Waals surface area (Å²) in [6.07, 6.45) is -2.48. The van der Waals surface area contributed by atoms with Crippen molar-refractivity contribution in [2.45, 2.75) is 32.0 Å². The van der Waals surface area contributed by atoms with Crippen LogP contribution in [0.15, 0.2) is 24.3 Å². The van der Waals surface area contributed by atoms with Gasteiger partial charge in [-0.1, -0.05) is 12.5 Å². The third-order valence-electron chi connectivity index (χ3n) is 2.46. The van der Waals surface area contributed by atoms with E-state index in [9.17, 15) is 18.0 Å². The lowest BCUT2D eigenvalue weighted by molar-refractivity contribution is -0.274. The molecule has 0 bridgehead atoms. The Kier molecular flexibility index (Phi) is 6.14. The predicted octanol–water partition coefficient (Wildman–Crippen LogP) is 3.64. The number of ether oxygens (including phenoxy) is 1. The van der Waals surface area contributed by atoms with Gasteiger partial charge in [-0.15, -0.1) is 13.2 Å². The Bertz CT molecular complexity index is 435. The molecule has 0 heterocycles. The number of benzene rings is 1. The van der Waals surface area contributed by atoms with Gasteiger partial charge < -0.3 is 15.2 Å². The molecule has 0 saturated carbocycles. The Labute approximate surface area is 114 Å². The number of carboxylic acids is 1. The van der Waals surface area contributed by atoms with Crippen molar-refractivity contribution in [3.05, 3.63) is 24.3 Å². The lowest BCUT2D eigenvalue weighted by Gasteiger charge is -2.11. The molecule has 0 aliphatic carbocycles. The molecule has 20 heavy (non-hydrogen) atoms. The van der Waals surface area contributed by atoms with E-state index < -0.39 is 12.3 Å². The summed E-state index contributed by atoms with van der Waals surface area (Å²) in [5, 5.41) is 11.4. The second-order valence-corrected chi connectivity index (χ2v) is 4.21. The number of halogens is 3. The van der Waals surface area contributed by atoms with Gasteiger partial charge in [0.25, 0.3) is 0 Å². The van der Waals surface area contributed by atoms with E-state index in [1.165, 1.54) is 18.2 Å². The van der Waals surface area contributed by atoms with E-state index >= 15 is 0 Å². The molecule has 0 fully saturated rings. The fourth-order valence-corrected chi connectivity index (χ4v) is 1.61. The van der Waals surface area contributed by atoms with Crippen LogP contribution in [0.5, 0.6) is 5.75 Å². The van der Waals surface area contributed by atoms with Gasteiger partial charge in [0.15, 0.2) is 0 Å². The molecule has 0 radical (unpaired) electrons. The lowest BCUT2D eigenvalue weighted by Crippen LogP contribution is -2.17. The zero-order valence-corrected chi connectivity index (χ0v) is 10.7. The highest BCUT2D eigenvalue weighted by Crippen LogP contribution is 2.24. The molecule has 0 aromatic heterocycles. The highest BCUT2D eigenvalue weighted by molar-refractivity contribution is 5.66. The van der Waals surface area contributed by atoms with E-state index in [-0.39, 0.29) is 12.2 Å². The van der Waals surface area contributed by atoms with Crippen LogP contribution < -0.4 is 10.1 Å². The van der Waals surface area contributed by atoms with Gasteiger partial charge in [-0.3, -0.25) is 4.79 Å². The molecule has 112 valence electrons. The molecule has 1 aromatic rings. The number of hydrogen-bond acceptors (Lipinski definition) is 3. The first-order chi connectivity index (χ1) is 9.37. The van der Waals surface area contributed by atoms with E-state index in [1.54, 1.807) is 6.07 Å². The van der Waals surface area contributed by atoms with Crippen LogP contribution in [-0.4, -0.2) is 24.0 Å². The molecule has 0 spiro atoms. The maximum Gasteiger partial charge on any atom is 0.573 e. The monoisotopic (exact) mass is 291 g/mol. The van der Waals surface area contributed by atoms with Crippen molar-refractivity contribution in [3.63, 3.8) is 0 Å². The number of hydrogen-bond donors (Lipinski definition) is 2. The Morgan fingerprint density at radius 1 is 1.25 bits per heavy atom. The number of carboxylic acid groups (broad SMARTS) is 1.